The molecule has 0 saturated carbocycles. The number of rotatable bonds is 2. The summed E-state index contributed by atoms with van der Waals surface area (Å²) in [7, 11) is 3.90. The van der Waals surface area contributed by atoms with Gasteiger partial charge >= 0.3 is 0 Å². The second-order valence-electron chi connectivity index (χ2n) is 7.10. The molecule has 5 nitrogen and oxygen atoms in total. The van der Waals surface area contributed by atoms with Crippen molar-refractivity contribution in [1.82, 2.24) is 9.97 Å². The van der Waals surface area contributed by atoms with Gasteiger partial charge in [0.1, 0.15) is 12.1 Å². The van der Waals surface area contributed by atoms with E-state index in [1.807, 2.05) is 42.1 Å². The van der Waals surface area contributed by atoms with Crippen molar-refractivity contribution in [3.8, 4) is 0 Å². The summed E-state index contributed by atoms with van der Waals surface area (Å²) < 4.78 is 0. The summed E-state index contributed by atoms with van der Waals surface area (Å²) in [5.74, 6) is 0.880. The van der Waals surface area contributed by atoms with Crippen molar-refractivity contribution in [2.24, 2.45) is 0 Å². The molecular formula is C21H22N4O. The van der Waals surface area contributed by atoms with Crippen LogP contribution in [0.4, 0.5) is 11.5 Å². The zero-order chi connectivity index (χ0) is 18.4. The lowest BCUT2D eigenvalue weighted by atomic mass is 10.0. The van der Waals surface area contributed by atoms with Crippen LogP contribution in [0, 0.1) is 13.8 Å². The van der Waals surface area contributed by atoms with Gasteiger partial charge < -0.3 is 9.80 Å². The van der Waals surface area contributed by atoms with Gasteiger partial charge in [-0.25, -0.2) is 9.97 Å². The van der Waals surface area contributed by atoms with Crippen LogP contribution in [-0.4, -0.2) is 36.5 Å². The number of amides is 1. The molecule has 0 radical (unpaired) electrons. The summed E-state index contributed by atoms with van der Waals surface area (Å²) in [5.41, 5.74) is 6.22. The maximum atomic E-state index is 13.1. The SMILES string of the molecule is Cc1cc2c(cc1C)N(C(=O)c1ccc3c(N(C)C)ncnc3c1)CC2. The zero-order valence-electron chi connectivity index (χ0n) is 15.6. The summed E-state index contributed by atoms with van der Waals surface area (Å²) in [6, 6.07) is 10.0. The van der Waals surface area contributed by atoms with Gasteiger partial charge in [-0.1, -0.05) is 6.07 Å². The molecule has 132 valence electrons. The smallest absolute Gasteiger partial charge is 0.258 e. The molecule has 0 atom stereocenters. The fourth-order valence-corrected chi connectivity index (χ4v) is 3.56. The van der Waals surface area contributed by atoms with E-state index >= 15 is 0 Å². The number of hydrogen-bond donors (Lipinski definition) is 0. The van der Waals surface area contributed by atoms with Crippen LogP contribution >= 0.6 is 0 Å². The molecule has 0 spiro atoms. The van der Waals surface area contributed by atoms with E-state index in [1.165, 1.54) is 16.7 Å². The normalized spacial score (nSPS) is 13.2. The third-order valence-electron chi connectivity index (χ3n) is 5.12. The molecular weight excluding hydrogens is 324 g/mol. The lowest BCUT2D eigenvalue weighted by Crippen LogP contribution is -2.29. The summed E-state index contributed by atoms with van der Waals surface area (Å²) in [5, 5.41) is 0.947. The number of aromatic nitrogens is 2. The number of benzene rings is 2. The van der Waals surface area contributed by atoms with Crippen LogP contribution in [0.25, 0.3) is 10.9 Å². The minimum Gasteiger partial charge on any atom is -0.362 e. The van der Waals surface area contributed by atoms with Crippen LogP contribution in [0.1, 0.15) is 27.0 Å². The minimum atomic E-state index is 0.0268. The van der Waals surface area contributed by atoms with Crippen molar-refractivity contribution >= 4 is 28.3 Å². The Hall–Kier alpha value is -2.95. The molecule has 0 unspecified atom stereocenters. The average molecular weight is 346 g/mol. The highest BCUT2D eigenvalue weighted by Crippen LogP contribution is 2.32. The first-order valence-electron chi connectivity index (χ1n) is 8.80. The first-order valence-corrected chi connectivity index (χ1v) is 8.80. The van der Waals surface area contributed by atoms with Gasteiger partial charge in [-0.3, -0.25) is 4.79 Å². The Morgan fingerprint density at radius 2 is 1.85 bits per heavy atom. The second kappa shape index (κ2) is 6.09. The van der Waals surface area contributed by atoms with E-state index in [0.717, 1.165) is 35.4 Å². The Kier molecular flexibility index (Phi) is 3.87. The average Bonchev–Trinajstić information content (AvgIpc) is 3.02. The maximum absolute atomic E-state index is 13.1. The molecule has 5 heteroatoms. The molecule has 1 aliphatic rings. The van der Waals surface area contributed by atoms with Gasteiger partial charge in [0.15, 0.2) is 0 Å². The van der Waals surface area contributed by atoms with Crippen molar-refractivity contribution in [3.63, 3.8) is 0 Å². The minimum absolute atomic E-state index is 0.0268. The van der Waals surface area contributed by atoms with E-state index in [1.54, 1.807) is 6.33 Å². The number of fused-ring (bicyclic) bond motifs is 2. The number of anilines is 2. The van der Waals surface area contributed by atoms with E-state index in [4.69, 9.17) is 0 Å². The predicted octanol–water partition coefficient (Wildman–Crippen LogP) is 3.52. The number of carbonyl (C=O) groups is 1. The highest BCUT2D eigenvalue weighted by molar-refractivity contribution is 6.09. The van der Waals surface area contributed by atoms with E-state index in [0.29, 0.717) is 5.56 Å². The Morgan fingerprint density at radius 3 is 2.62 bits per heavy atom. The highest BCUT2D eigenvalue weighted by atomic mass is 16.2. The number of carbonyl (C=O) groups excluding carboxylic acids is 1. The third-order valence-corrected chi connectivity index (χ3v) is 5.12. The van der Waals surface area contributed by atoms with Crippen molar-refractivity contribution in [1.29, 1.82) is 0 Å². The van der Waals surface area contributed by atoms with Crippen molar-refractivity contribution < 1.29 is 4.79 Å². The topological polar surface area (TPSA) is 49.3 Å². The van der Waals surface area contributed by atoms with Crippen molar-refractivity contribution in [2.45, 2.75) is 20.3 Å². The highest BCUT2D eigenvalue weighted by Gasteiger charge is 2.26. The van der Waals surface area contributed by atoms with Gasteiger partial charge in [0.2, 0.25) is 0 Å². The fraction of sp³-hybridized carbons (Fsp3) is 0.286. The van der Waals surface area contributed by atoms with Gasteiger partial charge in [0.05, 0.1) is 5.52 Å². The fourth-order valence-electron chi connectivity index (χ4n) is 3.56. The second-order valence-corrected chi connectivity index (χ2v) is 7.10. The number of aryl methyl sites for hydroxylation is 2. The molecule has 0 fully saturated rings. The van der Waals surface area contributed by atoms with Gasteiger partial charge in [0, 0.05) is 37.3 Å². The van der Waals surface area contributed by atoms with Crippen LogP contribution < -0.4 is 9.80 Å². The first-order chi connectivity index (χ1) is 12.5. The molecule has 0 saturated heterocycles. The molecule has 2 aromatic carbocycles. The Labute approximate surface area is 153 Å². The molecule has 26 heavy (non-hydrogen) atoms. The predicted molar refractivity (Wildman–Crippen MR) is 105 cm³/mol. The van der Waals surface area contributed by atoms with Crippen LogP contribution in [0.15, 0.2) is 36.7 Å². The van der Waals surface area contributed by atoms with Gasteiger partial charge in [-0.15, -0.1) is 0 Å². The van der Waals surface area contributed by atoms with Gasteiger partial charge in [0.25, 0.3) is 5.91 Å². The van der Waals surface area contributed by atoms with Gasteiger partial charge in [-0.2, -0.15) is 0 Å². The first kappa shape index (κ1) is 16.5. The summed E-state index contributed by atoms with van der Waals surface area (Å²) in [6.07, 6.45) is 2.45. The standard InChI is InChI=1S/C21H22N4O/c1-13-9-15-7-8-25(19(15)10-14(13)2)21(26)16-5-6-17-18(11-16)22-12-23-20(17)24(3)4/h5-6,9-12H,7-8H2,1-4H3. The summed E-state index contributed by atoms with van der Waals surface area (Å²) in [4.78, 5) is 25.7. The summed E-state index contributed by atoms with van der Waals surface area (Å²) in [6.45, 7) is 4.93. The maximum Gasteiger partial charge on any atom is 0.258 e. The Bertz CT molecular complexity index is 1030. The summed E-state index contributed by atoms with van der Waals surface area (Å²) >= 11 is 0. The van der Waals surface area contributed by atoms with E-state index < -0.39 is 0 Å². The molecule has 0 N–H and O–H groups in total. The van der Waals surface area contributed by atoms with E-state index in [2.05, 4.69) is 35.9 Å². The van der Waals surface area contributed by atoms with Crippen LogP contribution in [-0.2, 0) is 6.42 Å². The van der Waals surface area contributed by atoms with Crippen LogP contribution in [0.2, 0.25) is 0 Å². The largest absolute Gasteiger partial charge is 0.362 e. The molecule has 1 aromatic heterocycles. The van der Waals surface area contributed by atoms with E-state index in [9.17, 15) is 4.79 Å². The molecule has 4 rings (SSSR count). The monoisotopic (exact) mass is 346 g/mol. The number of hydrogen-bond acceptors (Lipinski definition) is 4. The van der Waals surface area contributed by atoms with E-state index in [-0.39, 0.29) is 5.91 Å². The third kappa shape index (κ3) is 2.60. The van der Waals surface area contributed by atoms with Crippen molar-refractivity contribution in [2.75, 3.05) is 30.4 Å². The van der Waals surface area contributed by atoms with Crippen LogP contribution in [0.5, 0.6) is 0 Å². The lowest BCUT2D eigenvalue weighted by molar-refractivity contribution is 0.0989. The van der Waals surface area contributed by atoms with Crippen molar-refractivity contribution in [3.05, 3.63) is 58.9 Å². The van der Waals surface area contributed by atoms with Crippen LogP contribution in [0.3, 0.4) is 0 Å². The molecule has 2 heterocycles. The quantitative estimate of drug-likeness (QED) is 0.712. The Balaban J connectivity index is 1.73. The zero-order valence-corrected chi connectivity index (χ0v) is 15.6. The number of nitrogens with zero attached hydrogens (tertiary/aromatic N) is 4. The molecule has 1 amide bonds. The van der Waals surface area contributed by atoms with Gasteiger partial charge in [-0.05, 0) is 61.2 Å². The molecule has 3 aromatic rings. The lowest BCUT2D eigenvalue weighted by Gasteiger charge is -2.19. The Morgan fingerprint density at radius 1 is 1.08 bits per heavy atom. The molecule has 0 bridgehead atoms. The molecule has 1 aliphatic heterocycles. The molecule has 0 aliphatic carbocycles.